The molecule has 9 nitrogen and oxygen atoms in total. The van der Waals surface area contributed by atoms with Crippen LogP contribution in [0.5, 0.6) is 0 Å². The number of halogens is 2. The molecule has 0 spiro atoms. The van der Waals surface area contributed by atoms with Gasteiger partial charge >= 0.3 is 11.9 Å². The molecule has 2 aliphatic rings. The molecule has 0 radical (unpaired) electrons. The van der Waals surface area contributed by atoms with Crippen LogP contribution in [-0.2, 0) is 23.9 Å². The van der Waals surface area contributed by atoms with Crippen molar-refractivity contribution in [1.82, 2.24) is 5.01 Å². The van der Waals surface area contributed by atoms with Gasteiger partial charge in [-0.25, -0.2) is 14.6 Å². The van der Waals surface area contributed by atoms with Crippen molar-refractivity contribution in [3.05, 3.63) is 57.5 Å². The summed E-state index contributed by atoms with van der Waals surface area (Å²) in [5, 5.41) is 6.25. The van der Waals surface area contributed by atoms with Crippen LogP contribution in [0, 0.1) is 0 Å². The van der Waals surface area contributed by atoms with Crippen LogP contribution < -0.4 is 4.90 Å². The third kappa shape index (κ3) is 3.68. The highest BCUT2D eigenvalue weighted by Crippen LogP contribution is 2.55. The van der Waals surface area contributed by atoms with Gasteiger partial charge in [0, 0.05) is 16.5 Å². The Bertz CT molecular complexity index is 1220. The first-order chi connectivity index (χ1) is 15.7. The molecular formula is C22H18BrClN4O5. The van der Waals surface area contributed by atoms with Gasteiger partial charge in [0.15, 0.2) is 5.84 Å². The summed E-state index contributed by atoms with van der Waals surface area (Å²) in [7, 11) is 3.85. The Morgan fingerprint density at radius 3 is 2.52 bits per heavy atom. The molecule has 0 N–H and O–H groups in total. The van der Waals surface area contributed by atoms with Gasteiger partial charge in [-0.3, -0.25) is 9.80 Å². The number of hydrogen-bond acceptors (Lipinski definition) is 9. The highest BCUT2D eigenvalue weighted by molar-refractivity contribution is 9.10. The van der Waals surface area contributed by atoms with Crippen LogP contribution in [-0.4, -0.2) is 67.6 Å². The fourth-order valence-corrected chi connectivity index (χ4v) is 4.27. The number of hydrogen-bond donors (Lipinski definition) is 0. The number of anilines is 1. The third-order valence-corrected chi connectivity index (χ3v) is 6.20. The summed E-state index contributed by atoms with van der Waals surface area (Å²) in [5.74, 6) is -2.86. The van der Waals surface area contributed by atoms with Crippen molar-refractivity contribution in [3.8, 4) is 0 Å². The molecule has 1 fully saturated rings. The zero-order valence-corrected chi connectivity index (χ0v) is 20.1. The summed E-state index contributed by atoms with van der Waals surface area (Å²) in [6.45, 7) is 0. The number of amidine groups is 1. The highest BCUT2D eigenvalue weighted by atomic mass is 79.9. The number of likely N-dealkylation sites (N-methyl/N-ethyl adjacent to an activating group) is 1. The summed E-state index contributed by atoms with van der Waals surface area (Å²) < 4.78 is 10.5. The second kappa shape index (κ2) is 8.60. The van der Waals surface area contributed by atoms with Crippen molar-refractivity contribution >= 4 is 68.7 Å². The van der Waals surface area contributed by atoms with Crippen molar-refractivity contribution in [2.24, 2.45) is 10.1 Å². The fourth-order valence-electron chi connectivity index (χ4n) is 3.84. The number of carbonyl (C=O) groups excluding carboxylic acids is 3. The van der Waals surface area contributed by atoms with Crippen molar-refractivity contribution < 1.29 is 23.9 Å². The Morgan fingerprint density at radius 2 is 1.88 bits per heavy atom. The van der Waals surface area contributed by atoms with Gasteiger partial charge in [-0.15, -0.1) is 0 Å². The van der Waals surface area contributed by atoms with Crippen LogP contribution in [0.2, 0.25) is 5.02 Å². The van der Waals surface area contributed by atoms with Crippen molar-refractivity contribution in [2.45, 2.75) is 11.6 Å². The number of fused-ring (bicyclic) bond motifs is 3. The minimum absolute atomic E-state index is 0.279. The molecule has 2 heterocycles. The Kier molecular flexibility index (Phi) is 5.98. The summed E-state index contributed by atoms with van der Waals surface area (Å²) in [5.41, 5.74) is -0.270. The van der Waals surface area contributed by atoms with Crippen molar-refractivity contribution in [1.29, 1.82) is 0 Å². The van der Waals surface area contributed by atoms with Gasteiger partial charge < -0.3 is 14.4 Å². The van der Waals surface area contributed by atoms with E-state index >= 15 is 0 Å². The standard InChI is InChI=1S/C22H18BrClN4O5/c1-27(25-11-12-4-6-13(23)7-5-12)19-17-22(21(31)33-3,18(29)20(30)32-2)28(17)16-10-14(24)8-9-15(16)26-19/h4-11,17H,1-3H3/b25-11+. The maximum atomic E-state index is 13.1. The van der Waals surface area contributed by atoms with Gasteiger partial charge in [-0.1, -0.05) is 39.7 Å². The molecule has 0 aromatic heterocycles. The predicted octanol–water partition coefficient (Wildman–Crippen LogP) is 2.95. The lowest BCUT2D eigenvalue weighted by molar-refractivity contribution is -0.158. The number of carbonyl (C=O) groups is 3. The number of Topliss-reactive ketones (excluding diaryl/α,β-unsaturated/α-hetero) is 1. The zero-order chi connectivity index (χ0) is 23.9. The number of benzene rings is 2. The van der Waals surface area contributed by atoms with Crippen LogP contribution in [0.4, 0.5) is 11.4 Å². The smallest absolute Gasteiger partial charge is 0.377 e. The number of nitrogens with zero attached hydrogens (tertiary/aromatic N) is 4. The van der Waals surface area contributed by atoms with Crippen LogP contribution in [0.15, 0.2) is 57.0 Å². The number of methoxy groups -OCH3 is 2. The molecule has 0 saturated carbocycles. The van der Waals surface area contributed by atoms with Crippen LogP contribution in [0.25, 0.3) is 0 Å². The second-order valence-electron chi connectivity index (χ2n) is 7.27. The second-order valence-corrected chi connectivity index (χ2v) is 8.63. The molecule has 11 heteroatoms. The number of hydrazone groups is 1. The lowest BCUT2D eigenvalue weighted by atomic mass is 9.98. The van der Waals surface area contributed by atoms with E-state index in [9.17, 15) is 14.4 Å². The quantitative estimate of drug-likeness (QED) is 0.145. The maximum Gasteiger partial charge on any atom is 0.377 e. The molecule has 2 unspecified atom stereocenters. The van der Waals surface area contributed by atoms with Gasteiger partial charge in [-0.05, 0) is 35.9 Å². The number of esters is 2. The monoisotopic (exact) mass is 532 g/mol. The molecule has 2 atom stereocenters. The number of aliphatic imine (C=N–C) groups is 1. The van der Waals surface area contributed by atoms with E-state index < -0.39 is 29.3 Å². The first-order valence-electron chi connectivity index (χ1n) is 9.67. The number of rotatable bonds is 5. The molecule has 4 rings (SSSR count). The first-order valence-corrected chi connectivity index (χ1v) is 10.8. The number of ketones is 1. The predicted molar refractivity (Wildman–Crippen MR) is 126 cm³/mol. The summed E-state index contributed by atoms with van der Waals surface area (Å²) in [6, 6.07) is 11.4. The molecule has 2 aromatic carbocycles. The normalized spacial score (nSPS) is 20.5. The van der Waals surface area contributed by atoms with Gasteiger partial charge in [0.05, 0.1) is 31.8 Å². The lowest BCUT2D eigenvalue weighted by Gasteiger charge is -2.21. The van der Waals surface area contributed by atoms with Gasteiger partial charge in [-0.2, -0.15) is 5.10 Å². The molecule has 0 bridgehead atoms. The lowest BCUT2D eigenvalue weighted by Crippen LogP contribution is -2.46. The van der Waals surface area contributed by atoms with Crippen molar-refractivity contribution in [3.63, 3.8) is 0 Å². The Morgan fingerprint density at radius 1 is 1.18 bits per heavy atom. The third-order valence-electron chi connectivity index (χ3n) is 5.44. The Balaban J connectivity index is 1.81. The van der Waals surface area contributed by atoms with E-state index in [2.05, 4.69) is 30.8 Å². The number of ether oxygens (including phenoxy) is 2. The van der Waals surface area contributed by atoms with E-state index in [1.165, 1.54) is 9.91 Å². The topological polar surface area (TPSA) is 101 Å². The van der Waals surface area contributed by atoms with E-state index in [-0.39, 0.29) is 5.84 Å². The van der Waals surface area contributed by atoms with Crippen molar-refractivity contribution in [2.75, 3.05) is 26.2 Å². The SMILES string of the molecule is COC(=O)C(=O)C1(C(=O)OC)C2C(N(C)/N=C/c3ccc(Br)cc3)=Nc3ccc(Cl)cc3N21. The van der Waals surface area contributed by atoms with Crippen LogP contribution >= 0.6 is 27.5 Å². The molecule has 33 heavy (non-hydrogen) atoms. The average molecular weight is 534 g/mol. The average Bonchev–Trinajstić information content (AvgIpc) is 3.53. The largest absolute Gasteiger partial charge is 0.467 e. The summed E-state index contributed by atoms with van der Waals surface area (Å²) in [6.07, 6.45) is 1.61. The van der Waals surface area contributed by atoms with E-state index in [0.717, 1.165) is 24.3 Å². The first kappa shape index (κ1) is 22.9. The van der Waals surface area contributed by atoms with Crippen LogP contribution in [0.3, 0.4) is 0 Å². The van der Waals surface area contributed by atoms with E-state index in [4.69, 9.17) is 16.3 Å². The molecule has 2 aliphatic heterocycles. The molecular weight excluding hydrogens is 516 g/mol. The minimum Gasteiger partial charge on any atom is -0.467 e. The maximum absolute atomic E-state index is 13.1. The Labute approximate surface area is 202 Å². The molecule has 0 aliphatic carbocycles. The van der Waals surface area contributed by atoms with E-state index in [0.29, 0.717) is 16.4 Å². The molecule has 2 aromatic rings. The minimum atomic E-state index is -1.97. The summed E-state index contributed by atoms with van der Waals surface area (Å²) >= 11 is 9.54. The van der Waals surface area contributed by atoms with Gasteiger partial charge in [0.25, 0.3) is 5.78 Å². The zero-order valence-electron chi connectivity index (χ0n) is 17.8. The molecule has 1 saturated heterocycles. The molecule has 0 amide bonds. The van der Waals surface area contributed by atoms with Gasteiger partial charge in [0.2, 0.25) is 5.54 Å². The summed E-state index contributed by atoms with van der Waals surface area (Å²) in [4.78, 5) is 44.4. The molecule has 170 valence electrons. The van der Waals surface area contributed by atoms with Crippen LogP contribution in [0.1, 0.15) is 5.56 Å². The van der Waals surface area contributed by atoms with E-state index in [1.54, 1.807) is 31.5 Å². The highest BCUT2D eigenvalue weighted by Gasteiger charge is 2.79. The van der Waals surface area contributed by atoms with E-state index in [1.807, 2.05) is 24.3 Å². The fraction of sp³-hybridized carbons (Fsp3) is 0.227. The Hall–Kier alpha value is -3.24. The van der Waals surface area contributed by atoms with Gasteiger partial charge in [0.1, 0.15) is 6.04 Å².